The maximum absolute atomic E-state index is 12.5. The van der Waals surface area contributed by atoms with Gasteiger partial charge in [0.2, 0.25) is 0 Å². The first-order chi connectivity index (χ1) is 6.43. The van der Waals surface area contributed by atoms with Gasteiger partial charge in [-0.05, 0) is 17.6 Å². The Labute approximate surface area is 76.9 Å². The first-order valence-electron chi connectivity index (χ1n) is 3.56. The van der Waals surface area contributed by atoms with Gasteiger partial charge in [-0.25, -0.2) is 17.6 Å². The van der Waals surface area contributed by atoms with Crippen LogP contribution in [0.15, 0.2) is 12.1 Å². The Morgan fingerprint density at radius 2 is 1.57 bits per heavy atom. The van der Waals surface area contributed by atoms with Crippen molar-refractivity contribution >= 4 is 12.6 Å². The highest BCUT2D eigenvalue weighted by atomic mass is 19.3. The smallest absolute Gasteiger partial charge is 0.423 e. The molecule has 2 nitrogen and oxygen atoms in total. The van der Waals surface area contributed by atoms with E-state index in [0.29, 0.717) is 6.07 Å². The average Bonchev–Trinajstić information content (AvgIpc) is 2.08. The Balaban J connectivity index is 3.31. The van der Waals surface area contributed by atoms with Crippen molar-refractivity contribution in [2.75, 3.05) is 0 Å². The maximum atomic E-state index is 12.5. The minimum absolute atomic E-state index is 0.245. The first kappa shape index (κ1) is 11.0. The Morgan fingerprint density at radius 1 is 1.07 bits per heavy atom. The molecule has 0 saturated carbocycles. The van der Waals surface area contributed by atoms with Crippen LogP contribution in [0.2, 0.25) is 0 Å². The molecule has 1 aromatic rings. The average molecular weight is 208 g/mol. The summed E-state index contributed by atoms with van der Waals surface area (Å²) in [5, 5.41) is 17.2. The molecule has 0 aromatic heterocycles. The summed E-state index contributed by atoms with van der Waals surface area (Å²) in [6, 6.07) is 0.580. The minimum atomic E-state index is -3.10. The van der Waals surface area contributed by atoms with Crippen molar-refractivity contribution < 1.29 is 27.6 Å². The summed E-state index contributed by atoms with van der Waals surface area (Å²) in [4.78, 5) is 0. The predicted octanol–water partition coefficient (Wildman–Crippen LogP) is 0.582. The Bertz CT molecular complexity index is 310. The maximum Gasteiger partial charge on any atom is 0.489 e. The van der Waals surface area contributed by atoms with E-state index in [1.807, 2.05) is 0 Å². The van der Waals surface area contributed by atoms with Crippen LogP contribution in [0.25, 0.3) is 0 Å². The molecular formula is C7H5BF4O2. The fourth-order valence-electron chi connectivity index (χ4n) is 0.990. The molecule has 0 aliphatic heterocycles. The van der Waals surface area contributed by atoms with E-state index in [1.165, 1.54) is 0 Å². The van der Waals surface area contributed by atoms with Gasteiger partial charge in [0.05, 0.1) is 0 Å². The van der Waals surface area contributed by atoms with E-state index in [-0.39, 0.29) is 6.07 Å². The zero-order valence-electron chi connectivity index (χ0n) is 6.72. The second-order valence-corrected chi connectivity index (χ2v) is 2.57. The molecule has 0 radical (unpaired) electrons. The number of hydrogen-bond acceptors (Lipinski definition) is 2. The topological polar surface area (TPSA) is 40.5 Å². The quantitative estimate of drug-likeness (QED) is 0.551. The molecule has 1 aromatic carbocycles. The van der Waals surface area contributed by atoms with Crippen molar-refractivity contribution in [2.24, 2.45) is 0 Å². The van der Waals surface area contributed by atoms with Crippen molar-refractivity contribution in [1.82, 2.24) is 0 Å². The summed E-state index contributed by atoms with van der Waals surface area (Å²) in [6.07, 6.45) is -3.10. The van der Waals surface area contributed by atoms with E-state index < -0.39 is 36.2 Å². The van der Waals surface area contributed by atoms with E-state index in [9.17, 15) is 17.6 Å². The van der Waals surface area contributed by atoms with Crippen molar-refractivity contribution in [3.05, 3.63) is 29.3 Å². The van der Waals surface area contributed by atoms with Gasteiger partial charge < -0.3 is 10.0 Å². The van der Waals surface area contributed by atoms with Crippen LogP contribution < -0.4 is 5.46 Å². The number of hydrogen-bond donors (Lipinski definition) is 2. The summed E-state index contributed by atoms with van der Waals surface area (Å²) in [6.45, 7) is 0. The van der Waals surface area contributed by atoms with E-state index in [0.717, 1.165) is 0 Å². The highest BCUT2D eigenvalue weighted by molar-refractivity contribution is 6.59. The van der Waals surface area contributed by atoms with Crippen LogP contribution >= 0.6 is 0 Å². The highest BCUT2D eigenvalue weighted by Gasteiger charge is 2.24. The van der Waals surface area contributed by atoms with Gasteiger partial charge in [-0.3, -0.25) is 0 Å². The summed E-state index contributed by atoms with van der Waals surface area (Å²) in [7, 11) is -2.26. The number of halogens is 4. The molecule has 0 aliphatic rings. The lowest BCUT2D eigenvalue weighted by Crippen LogP contribution is -2.34. The number of rotatable bonds is 2. The largest absolute Gasteiger partial charge is 0.489 e. The minimum Gasteiger partial charge on any atom is -0.423 e. The molecule has 0 atom stereocenters. The molecule has 1 rings (SSSR count). The zero-order valence-corrected chi connectivity index (χ0v) is 6.72. The van der Waals surface area contributed by atoms with Crippen LogP contribution in [0.4, 0.5) is 17.6 Å². The SMILES string of the molecule is OB(O)c1cc(F)c(F)cc1C(F)F. The van der Waals surface area contributed by atoms with Crippen LogP contribution in [0.1, 0.15) is 12.0 Å². The van der Waals surface area contributed by atoms with E-state index in [2.05, 4.69) is 0 Å². The lowest BCUT2D eigenvalue weighted by atomic mass is 9.77. The summed E-state index contributed by atoms with van der Waals surface area (Å²) >= 11 is 0. The van der Waals surface area contributed by atoms with Crippen LogP contribution in [-0.4, -0.2) is 17.2 Å². The molecule has 0 aliphatic carbocycles. The van der Waals surface area contributed by atoms with Crippen LogP contribution in [0.3, 0.4) is 0 Å². The number of benzene rings is 1. The molecule has 0 amide bonds. The van der Waals surface area contributed by atoms with Gasteiger partial charge in [0.15, 0.2) is 11.6 Å². The first-order valence-corrected chi connectivity index (χ1v) is 3.56. The van der Waals surface area contributed by atoms with Crippen LogP contribution in [-0.2, 0) is 0 Å². The molecule has 14 heavy (non-hydrogen) atoms. The summed E-state index contributed by atoms with van der Waals surface area (Å²) < 4.78 is 49.4. The fourth-order valence-corrected chi connectivity index (χ4v) is 0.990. The van der Waals surface area contributed by atoms with Crippen molar-refractivity contribution in [1.29, 1.82) is 0 Å². The fraction of sp³-hybridized carbons (Fsp3) is 0.143. The molecule has 0 bridgehead atoms. The molecule has 0 unspecified atom stereocenters. The molecule has 0 saturated heterocycles. The predicted molar refractivity (Wildman–Crippen MR) is 41.1 cm³/mol. The van der Waals surface area contributed by atoms with Gasteiger partial charge in [0, 0.05) is 5.56 Å². The van der Waals surface area contributed by atoms with Crippen molar-refractivity contribution in [2.45, 2.75) is 6.43 Å². The van der Waals surface area contributed by atoms with Gasteiger partial charge in [-0.15, -0.1) is 0 Å². The third kappa shape index (κ3) is 2.05. The molecule has 2 N–H and O–H groups in total. The Hall–Kier alpha value is -1.08. The van der Waals surface area contributed by atoms with Gasteiger partial charge in [-0.2, -0.15) is 0 Å². The number of alkyl halides is 2. The Morgan fingerprint density at radius 3 is 2.00 bits per heavy atom. The Kier molecular flexibility index (Phi) is 3.12. The van der Waals surface area contributed by atoms with Crippen molar-refractivity contribution in [3.8, 4) is 0 Å². The summed E-state index contributed by atoms with van der Waals surface area (Å²) in [5.41, 5.74) is -1.67. The van der Waals surface area contributed by atoms with Gasteiger partial charge in [0.1, 0.15) is 0 Å². The summed E-state index contributed by atoms with van der Waals surface area (Å²) in [5.74, 6) is -2.86. The van der Waals surface area contributed by atoms with E-state index in [4.69, 9.17) is 10.0 Å². The highest BCUT2D eigenvalue weighted by Crippen LogP contribution is 2.19. The second-order valence-electron chi connectivity index (χ2n) is 2.57. The molecule has 7 heteroatoms. The monoisotopic (exact) mass is 208 g/mol. The molecule has 76 valence electrons. The lowest BCUT2D eigenvalue weighted by Gasteiger charge is -2.08. The standard InChI is InChI=1S/C7H5BF4O2/c9-5-1-3(7(11)12)4(8(13)14)2-6(5)10/h1-2,7,13-14H. The molecular weight excluding hydrogens is 203 g/mol. The van der Waals surface area contributed by atoms with Gasteiger partial charge >= 0.3 is 7.12 Å². The molecule has 0 heterocycles. The van der Waals surface area contributed by atoms with E-state index in [1.54, 1.807) is 0 Å². The third-order valence-corrected chi connectivity index (χ3v) is 1.64. The van der Waals surface area contributed by atoms with Crippen LogP contribution in [0, 0.1) is 11.6 Å². The van der Waals surface area contributed by atoms with Crippen LogP contribution in [0.5, 0.6) is 0 Å². The van der Waals surface area contributed by atoms with Gasteiger partial charge in [0.25, 0.3) is 6.43 Å². The lowest BCUT2D eigenvalue weighted by molar-refractivity contribution is 0.151. The molecule has 0 spiro atoms. The van der Waals surface area contributed by atoms with E-state index >= 15 is 0 Å². The van der Waals surface area contributed by atoms with Gasteiger partial charge in [-0.1, -0.05) is 0 Å². The van der Waals surface area contributed by atoms with Crippen molar-refractivity contribution in [3.63, 3.8) is 0 Å². The second kappa shape index (κ2) is 3.97. The normalized spacial score (nSPS) is 10.8. The molecule has 0 fully saturated rings. The third-order valence-electron chi connectivity index (χ3n) is 1.64. The zero-order chi connectivity index (χ0) is 10.9.